The van der Waals surface area contributed by atoms with Crippen LogP contribution in [0.3, 0.4) is 0 Å². The van der Waals surface area contributed by atoms with Crippen LogP contribution in [0.25, 0.3) is 16.7 Å². The summed E-state index contributed by atoms with van der Waals surface area (Å²) in [5.41, 5.74) is 3.94. The lowest BCUT2D eigenvalue weighted by molar-refractivity contribution is -0.131. The fourth-order valence-electron chi connectivity index (χ4n) is 7.12. The Hall–Kier alpha value is -4.94. The Morgan fingerprint density at radius 3 is 2.36 bits per heavy atom. The third-order valence-electron chi connectivity index (χ3n) is 8.96. The van der Waals surface area contributed by atoms with Crippen molar-refractivity contribution in [3.8, 4) is 0 Å². The smallest absolute Gasteiger partial charge is 0.252 e. The van der Waals surface area contributed by atoms with Crippen molar-refractivity contribution in [2.75, 3.05) is 11.9 Å². The van der Waals surface area contributed by atoms with Gasteiger partial charge >= 0.3 is 0 Å². The highest BCUT2D eigenvalue weighted by molar-refractivity contribution is 6.13. The van der Waals surface area contributed by atoms with Crippen LogP contribution in [0, 0.1) is 5.92 Å². The van der Waals surface area contributed by atoms with Crippen LogP contribution in [0.1, 0.15) is 28.2 Å². The van der Waals surface area contributed by atoms with Gasteiger partial charge in [-0.05, 0) is 29.7 Å². The number of aliphatic hydroxyl groups is 1. The van der Waals surface area contributed by atoms with Gasteiger partial charge in [0.2, 0.25) is 0 Å². The maximum Gasteiger partial charge on any atom is 0.252 e. The summed E-state index contributed by atoms with van der Waals surface area (Å²) in [5.74, 6) is -1.74. The minimum atomic E-state index is -1.30. The van der Waals surface area contributed by atoms with Crippen LogP contribution < -0.4 is 10.2 Å². The molecule has 3 heterocycles. The molecule has 1 fully saturated rings. The number of fused-ring (bicyclic) bond motifs is 3. The SMILES string of the molecule is CN1C(=O)[C@]2(N[C@H](Cc3c[nH]c4ccccc34)[C@@H](c3ccccc3)[C@@H]2C(=O)/C=C(\O)c2ccccc2)c2ccccc21. The Kier molecular flexibility index (Phi) is 6.29. The fourth-order valence-corrected chi connectivity index (χ4v) is 7.12. The molecule has 0 bridgehead atoms. The number of hydrogen-bond donors (Lipinski definition) is 3. The first-order chi connectivity index (χ1) is 20.5. The van der Waals surface area contributed by atoms with E-state index in [4.69, 9.17) is 0 Å². The number of nitrogens with one attached hydrogen (secondary N) is 2. The zero-order chi connectivity index (χ0) is 28.8. The van der Waals surface area contributed by atoms with Gasteiger partial charge in [-0.3, -0.25) is 14.9 Å². The van der Waals surface area contributed by atoms with E-state index in [1.165, 1.54) is 6.08 Å². The topological polar surface area (TPSA) is 85.4 Å². The van der Waals surface area contributed by atoms with Gasteiger partial charge in [-0.2, -0.15) is 0 Å². The number of ketones is 1. The summed E-state index contributed by atoms with van der Waals surface area (Å²) < 4.78 is 0. The molecule has 5 aromatic rings. The van der Waals surface area contributed by atoms with E-state index in [0.29, 0.717) is 12.0 Å². The van der Waals surface area contributed by atoms with E-state index in [-0.39, 0.29) is 29.4 Å². The number of carbonyl (C=O) groups excluding carboxylic acids is 2. The predicted octanol–water partition coefficient (Wildman–Crippen LogP) is 6.12. The average Bonchev–Trinajstić information content (AvgIpc) is 3.66. The summed E-state index contributed by atoms with van der Waals surface area (Å²) in [6, 6.07) is 34.6. The number of para-hydroxylation sites is 2. The molecule has 1 aromatic heterocycles. The average molecular weight is 554 g/mol. The molecule has 2 aliphatic rings. The molecule has 6 heteroatoms. The number of allylic oxidation sites excluding steroid dienone is 1. The van der Waals surface area contributed by atoms with E-state index in [0.717, 1.165) is 33.3 Å². The molecule has 0 radical (unpaired) electrons. The standard InChI is InChI=1S/C36H31N3O3/c1-39-30-19-11-9-17-27(30)36(35(39)42)34(32(41)21-31(40)23-12-4-2-5-13-23)33(24-14-6-3-7-15-24)29(38-36)20-25-22-37-28-18-10-8-16-26(25)28/h2-19,21-22,29,33-34,37-38,40H,20H2,1H3/b31-21-/t29-,33-,34+,36+/m1/s1. The second kappa shape index (κ2) is 10.2. The number of benzene rings is 4. The summed E-state index contributed by atoms with van der Waals surface area (Å²) in [6.07, 6.45) is 3.93. The molecule has 42 heavy (non-hydrogen) atoms. The lowest BCUT2D eigenvalue weighted by atomic mass is 9.70. The summed E-state index contributed by atoms with van der Waals surface area (Å²) >= 11 is 0. The van der Waals surface area contributed by atoms with E-state index in [1.54, 1.807) is 24.1 Å². The lowest BCUT2D eigenvalue weighted by Crippen LogP contribution is -2.53. The van der Waals surface area contributed by atoms with Gasteiger partial charge < -0.3 is 15.0 Å². The number of amides is 1. The van der Waals surface area contributed by atoms with Crippen molar-refractivity contribution in [3.05, 3.63) is 144 Å². The first-order valence-electron chi connectivity index (χ1n) is 14.2. The lowest BCUT2D eigenvalue weighted by Gasteiger charge is -2.31. The summed E-state index contributed by atoms with van der Waals surface area (Å²) in [7, 11) is 1.76. The number of aromatic nitrogens is 1. The molecule has 1 spiro atoms. The molecule has 4 aromatic carbocycles. The van der Waals surface area contributed by atoms with E-state index in [9.17, 15) is 14.7 Å². The number of anilines is 1. The van der Waals surface area contributed by atoms with Gasteiger partial charge in [0.1, 0.15) is 11.3 Å². The molecule has 7 rings (SSSR count). The predicted molar refractivity (Wildman–Crippen MR) is 165 cm³/mol. The highest BCUT2D eigenvalue weighted by Gasteiger charge is 2.65. The second-order valence-corrected chi connectivity index (χ2v) is 11.2. The van der Waals surface area contributed by atoms with Crippen molar-refractivity contribution in [2.24, 2.45) is 5.92 Å². The van der Waals surface area contributed by atoms with Crippen molar-refractivity contribution < 1.29 is 14.7 Å². The van der Waals surface area contributed by atoms with Crippen LogP contribution in [0.15, 0.2) is 121 Å². The van der Waals surface area contributed by atoms with Crippen molar-refractivity contribution in [2.45, 2.75) is 23.9 Å². The van der Waals surface area contributed by atoms with Crippen LogP contribution in [0.2, 0.25) is 0 Å². The van der Waals surface area contributed by atoms with Crippen molar-refractivity contribution in [3.63, 3.8) is 0 Å². The largest absolute Gasteiger partial charge is 0.507 e. The Labute approximate surface area is 244 Å². The zero-order valence-corrected chi connectivity index (χ0v) is 23.2. The molecule has 1 amide bonds. The Morgan fingerprint density at radius 1 is 0.905 bits per heavy atom. The van der Waals surface area contributed by atoms with Gasteiger partial charge in [-0.1, -0.05) is 97.1 Å². The molecular weight excluding hydrogens is 522 g/mol. The van der Waals surface area contributed by atoms with Crippen LogP contribution >= 0.6 is 0 Å². The number of aromatic amines is 1. The summed E-state index contributed by atoms with van der Waals surface area (Å²) in [4.78, 5) is 34.0. The van der Waals surface area contributed by atoms with Crippen LogP contribution in [0.4, 0.5) is 5.69 Å². The third-order valence-corrected chi connectivity index (χ3v) is 8.96. The normalized spacial score (nSPS) is 23.5. The van der Waals surface area contributed by atoms with E-state index in [1.807, 2.05) is 97.2 Å². The fraction of sp³-hybridized carbons (Fsp3) is 0.167. The minimum Gasteiger partial charge on any atom is -0.507 e. The molecule has 1 saturated heterocycles. The monoisotopic (exact) mass is 553 g/mol. The Balaban J connectivity index is 1.42. The molecule has 208 valence electrons. The molecular formula is C36H31N3O3. The second-order valence-electron chi connectivity index (χ2n) is 11.2. The minimum absolute atomic E-state index is 0.116. The van der Waals surface area contributed by atoms with Gasteiger partial charge in [0.05, 0.1) is 5.92 Å². The van der Waals surface area contributed by atoms with Gasteiger partial charge in [-0.15, -0.1) is 0 Å². The quantitative estimate of drug-likeness (QED) is 0.175. The zero-order valence-electron chi connectivity index (χ0n) is 23.2. The van der Waals surface area contributed by atoms with E-state index < -0.39 is 11.5 Å². The molecule has 0 saturated carbocycles. The number of rotatable bonds is 6. The highest BCUT2D eigenvalue weighted by Crippen LogP contribution is 2.55. The van der Waals surface area contributed by atoms with Crippen LogP contribution in [-0.4, -0.2) is 34.9 Å². The molecule has 0 unspecified atom stereocenters. The number of likely N-dealkylation sites (N-methyl/N-ethyl adjacent to an activating group) is 1. The van der Waals surface area contributed by atoms with Gasteiger partial charge in [0, 0.05) is 59.0 Å². The number of carbonyl (C=O) groups is 2. The number of H-pyrrole nitrogens is 1. The molecule has 2 aliphatic heterocycles. The summed E-state index contributed by atoms with van der Waals surface area (Å²) in [6.45, 7) is 0. The maximum absolute atomic E-state index is 14.5. The van der Waals surface area contributed by atoms with Crippen molar-refractivity contribution >= 4 is 34.0 Å². The molecule has 6 nitrogen and oxygen atoms in total. The maximum atomic E-state index is 14.5. The molecule has 0 aliphatic carbocycles. The van der Waals surface area contributed by atoms with Crippen LogP contribution in [0.5, 0.6) is 0 Å². The van der Waals surface area contributed by atoms with Crippen molar-refractivity contribution in [1.29, 1.82) is 0 Å². The highest BCUT2D eigenvalue weighted by atomic mass is 16.3. The molecule has 3 N–H and O–H groups in total. The number of hydrogen-bond acceptors (Lipinski definition) is 4. The summed E-state index contributed by atoms with van der Waals surface area (Å²) in [5, 5.41) is 15.9. The van der Waals surface area contributed by atoms with Gasteiger partial charge in [0.25, 0.3) is 5.91 Å². The first-order valence-corrected chi connectivity index (χ1v) is 14.2. The van der Waals surface area contributed by atoms with Crippen molar-refractivity contribution in [1.82, 2.24) is 10.3 Å². The third kappa shape index (κ3) is 3.98. The first kappa shape index (κ1) is 26.0. The van der Waals surface area contributed by atoms with Crippen LogP contribution in [-0.2, 0) is 21.5 Å². The van der Waals surface area contributed by atoms with E-state index >= 15 is 0 Å². The molecule has 4 atom stereocenters. The Morgan fingerprint density at radius 2 is 1.57 bits per heavy atom. The van der Waals surface area contributed by atoms with E-state index in [2.05, 4.69) is 16.4 Å². The number of nitrogens with zero attached hydrogens (tertiary/aromatic N) is 1. The number of aliphatic hydroxyl groups excluding tert-OH is 1. The Bertz CT molecular complexity index is 1830. The van der Waals surface area contributed by atoms with Gasteiger partial charge in [-0.25, -0.2) is 0 Å². The van der Waals surface area contributed by atoms with Gasteiger partial charge in [0.15, 0.2) is 5.78 Å².